The van der Waals surface area contributed by atoms with E-state index in [0.29, 0.717) is 0 Å². The Morgan fingerprint density at radius 1 is 1.38 bits per heavy atom. The first-order valence-corrected chi connectivity index (χ1v) is 5.83. The van der Waals surface area contributed by atoms with Gasteiger partial charge in [-0.3, -0.25) is 4.79 Å². The first kappa shape index (κ1) is 11.0. The number of benzene rings is 1. The number of carbonyl (C=O) groups excluding carboxylic acids is 1. The van der Waals surface area contributed by atoms with E-state index < -0.39 is 0 Å². The minimum absolute atomic E-state index is 0.0222. The summed E-state index contributed by atoms with van der Waals surface area (Å²) in [6, 6.07) is 5.82. The zero-order valence-corrected chi connectivity index (χ0v) is 9.62. The van der Waals surface area contributed by atoms with E-state index in [4.69, 9.17) is 5.73 Å². The molecule has 0 aromatic heterocycles. The fourth-order valence-electron chi connectivity index (χ4n) is 2.29. The van der Waals surface area contributed by atoms with Crippen LogP contribution in [-0.2, 0) is 4.79 Å². The molecule has 1 saturated heterocycles. The zero-order valence-electron chi connectivity index (χ0n) is 9.62. The van der Waals surface area contributed by atoms with Crippen LogP contribution >= 0.6 is 0 Å². The van der Waals surface area contributed by atoms with E-state index in [9.17, 15) is 4.79 Å². The van der Waals surface area contributed by atoms with Gasteiger partial charge in [0.1, 0.15) is 0 Å². The molecular weight excluding hydrogens is 200 g/mol. The lowest BCUT2D eigenvalue weighted by molar-refractivity contribution is -0.122. The molecule has 1 fully saturated rings. The van der Waals surface area contributed by atoms with Crippen LogP contribution in [0.15, 0.2) is 18.2 Å². The zero-order chi connectivity index (χ0) is 11.5. The quantitative estimate of drug-likeness (QED) is 0.708. The molecule has 0 unspecified atom stereocenters. The van der Waals surface area contributed by atoms with Crippen LogP contribution < -0.4 is 11.1 Å². The Balaban J connectivity index is 2.34. The molecule has 1 heterocycles. The molecule has 2 rings (SSSR count). The van der Waals surface area contributed by atoms with Crippen molar-refractivity contribution < 1.29 is 4.79 Å². The average Bonchev–Trinajstić information content (AvgIpc) is 2.47. The van der Waals surface area contributed by atoms with Gasteiger partial charge in [0.25, 0.3) is 0 Å². The summed E-state index contributed by atoms with van der Waals surface area (Å²) in [5.74, 6) is 0.122. The van der Waals surface area contributed by atoms with E-state index in [0.717, 1.165) is 42.6 Å². The number of carbonyl (C=O) groups is 1. The molecule has 86 valence electrons. The molecule has 3 nitrogen and oxygen atoms in total. The van der Waals surface area contributed by atoms with Crippen molar-refractivity contribution in [3.8, 4) is 0 Å². The molecule has 0 aliphatic carbocycles. The van der Waals surface area contributed by atoms with E-state index in [2.05, 4.69) is 5.32 Å². The summed E-state index contributed by atoms with van der Waals surface area (Å²) in [4.78, 5) is 11.9. The molecule has 0 saturated carbocycles. The molecule has 1 aromatic rings. The summed E-state index contributed by atoms with van der Waals surface area (Å²) in [5.41, 5.74) is 8.78. The van der Waals surface area contributed by atoms with Crippen LogP contribution in [0, 0.1) is 6.92 Å². The smallest absolute Gasteiger partial charge is 0.227 e. The Kier molecular flexibility index (Phi) is 3.13. The minimum atomic E-state index is -0.0222. The Morgan fingerprint density at radius 2 is 2.19 bits per heavy atom. The molecule has 16 heavy (non-hydrogen) atoms. The van der Waals surface area contributed by atoms with Crippen molar-refractivity contribution in [2.45, 2.75) is 32.1 Å². The van der Waals surface area contributed by atoms with Crippen molar-refractivity contribution in [2.75, 3.05) is 12.3 Å². The van der Waals surface area contributed by atoms with Gasteiger partial charge in [-0.1, -0.05) is 18.6 Å². The van der Waals surface area contributed by atoms with Crippen LogP contribution in [0.5, 0.6) is 0 Å². The fourth-order valence-corrected chi connectivity index (χ4v) is 2.29. The number of nitrogens with one attached hydrogen (secondary N) is 1. The number of rotatable bonds is 1. The van der Waals surface area contributed by atoms with Gasteiger partial charge < -0.3 is 11.1 Å². The highest BCUT2D eigenvalue weighted by Gasteiger charge is 2.23. The summed E-state index contributed by atoms with van der Waals surface area (Å²) in [5, 5.41) is 2.96. The summed E-state index contributed by atoms with van der Waals surface area (Å²) in [6.45, 7) is 2.79. The maximum Gasteiger partial charge on any atom is 0.227 e. The van der Waals surface area contributed by atoms with Crippen molar-refractivity contribution >= 4 is 11.6 Å². The summed E-state index contributed by atoms with van der Waals surface area (Å²) in [7, 11) is 0. The lowest BCUT2D eigenvalue weighted by Gasteiger charge is -2.17. The number of nitrogen functional groups attached to an aromatic ring is 1. The van der Waals surface area contributed by atoms with Gasteiger partial charge in [0.15, 0.2) is 0 Å². The van der Waals surface area contributed by atoms with Gasteiger partial charge in [-0.2, -0.15) is 0 Å². The second-order valence-electron chi connectivity index (χ2n) is 4.40. The number of anilines is 1. The van der Waals surface area contributed by atoms with Crippen molar-refractivity contribution in [2.24, 2.45) is 0 Å². The first-order valence-electron chi connectivity index (χ1n) is 5.83. The van der Waals surface area contributed by atoms with Gasteiger partial charge in [0.05, 0.1) is 5.92 Å². The molecule has 3 heteroatoms. The van der Waals surface area contributed by atoms with Crippen LogP contribution in [0.1, 0.15) is 36.3 Å². The van der Waals surface area contributed by atoms with Crippen LogP contribution in [-0.4, -0.2) is 12.5 Å². The van der Waals surface area contributed by atoms with Crippen LogP contribution in [0.2, 0.25) is 0 Å². The lowest BCUT2D eigenvalue weighted by atomic mass is 9.90. The van der Waals surface area contributed by atoms with Gasteiger partial charge in [-0.25, -0.2) is 0 Å². The third-order valence-electron chi connectivity index (χ3n) is 3.33. The molecule has 1 aliphatic rings. The monoisotopic (exact) mass is 218 g/mol. The molecule has 3 N–H and O–H groups in total. The number of amides is 1. The van der Waals surface area contributed by atoms with Gasteiger partial charge in [0, 0.05) is 12.2 Å². The fraction of sp³-hybridized carbons (Fsp3) is 0.462. The minimum Gasteiger partial charge on any atom is -0.399 e. The van der Waals surface area contributed by atoms with Crippen molar-refractivity contribution in [1.29, 1.82) is 0 Å². The third kappa shape index (κ3) is 2.03. The van der Waals surface area contributed by atoms with Gasteiger partial charge in [-0.15, -0.1) is 0 Å². The maximum atomic E-state index is 11.9. The Morgan fingerprint density at radius 3 is 3.00 bits per heavy atom. The number of hydrogen-bond donors (Lipinski definition) is 2. The standard InChI is InChI=1S/C13H18N2O/c1-9-10(6-4-7-12(9)14)11-5-2-3-8-15-13(11)16/h4,6-7,11H,2-3,5,8,14H2,1H3,(H,15,16)/t11-/m0/s1. The van der Waals surface area contributed by atoms with E-state index >= 15 is 0 Å². The molecule has 0 spiro atoms. The van der Waals surface area contributed by atoms with Crippen molar-refractivity contribution in [1.82, 2.24) is 5.32 Å². The lowest BCUT2D eigenvalue weighted by Crippen LogP contribution is -2.28. The van der Waals surface area contributed by atoms with Crippen LogP contribution in [0.3, 0.4) is 0 Å². The first-order chi connectivity index (χ1) is 7.70. The van der Waals surface area contributed by atoms with E-state index in [1.54, 1.807) is 0 Å². The molecule has 0 bridgehead atoms. The van der Waals surface area contributed by atoms with E-state index in [-0.39, 0.29) is 11.8 Å². The molecular formula is C13H18N2O. The predicted molar refractivity (Wildman–Crippen MR) is 65.2 cm³/mol. The van der Waals surface area contributed by atoms with Gasteiger partial charge >= 0.3 is 0 Å². The molecule has 1 amide bonds. The van der Waals surface area contributed by atoms with Crippen LogP contribution in [0.4, 0.5) is 5.69 Å². The van der Waals surface area contributed by atoms with E-state index in [1.807, 2.05) is 25.1 Å². The SMILES string of the molecule is Cc1c(N)cccc1[C@@H]1CCCCNC1=O. The second-order valence-corrected chi connectivity index (χ2v) is 4.40. The molecule has 1 aliphatic heterocycles. The van der Waals surface area contributed by atoms with Gasteiger partial charge in [-0.05, 0) is 37.0 Å². The van der Waals surface area contributed by atoms with Gasteiger partial charge in [0.2, 0.25) is 5.91 Å². The summed E-state index contributed by atoms with van der Waals surface area (Å²) in [6.07, 6.45) is 3.09. The topological polar surface area (TPSA) is 55.1 Å². The maximum absolute atomic E-state index is 11.9. The highest BCUT2D eigenvalue weighted by atomic mass is 16.1. The Labute approximate surface area is 96.0 Å². The van der Waals surface area contributed by atoms with Crippen molar-refractivity contribution in [3.63, 3.8) is 0 Å². The predicted octanol–water partition coefficient (Wildman–Crippen LogP) is 1.96. The number of nitrogens with two attached hydrogens (primary N) is 1. The molecule has 1 aromatic carbocycles. The highest BCUT2D eigenvalue weighted by molar-refractivity contribution is 5.84. The second kappa shape index (κ2) is 4.56. The number of hydrogen-bond acceptors (Lipinski definition) is 2. The molecule has 0 radical (unpaired) electrons. The van der Waals surface area contributed by atoms with E-state index in [1.165, 1.54) is 0 Å². The normalized spacial score (nSPS) is 21.3. The van der Waals surface area contributed by atoms with Crippen molar-refractivity contribution in [3.05, 3.63) is 29.3 Å². The average molecular weight is 218 g/mol. The summed E-state index contributed by atoms with van der Waals surface area (Å²) >= 11 is 0. The molecule has 1 atom stereocenters. The summed E-state index contributed by atoms with van der Waals surface area (Å²) < 4.78 is 0. The van der Waals surface area contributed by atoms with Crippen LogP contribution in [0.25, 0.3) is 0 Å². The third-order valence-corrected chi connectivity index (χ3v) is 3.33. The highest BCUT2D eigenvalue weighted by Crippen LogP contribution is 2.29. The Hall–Kier alpha value is -1.51. The Bertz CT molecular complexity index is 401. The largest absolute Gasteiger partial charge is 0.399 e.